The molecule has 2 atom stereocenters. The predicted molar refractivity (Wildman–Crippen MR) is 83.2 cm³/mol. The fraction of sp³-hybridized carbons (Fsp3) is 0.571. The lowest BCUT2D eigenvalue weighted by Gasteiger charge is -2.37. The molecule has 6 nitrogen and oxygen atoms in total. The highest BCUT2D eigenvalue weighted by molar-refractivity contribution is 7.89. The lowest BCUT2D eigenvalue weighted by atomic mass is 10.0. The van der Waals surface area contributed by atoms with Crippen molar-refractivity contribution in [1.82, 2.24) is 9.03 Å². The van der Waals surface area contributed by atoms with E-state index >= 15 is 0 Å². The molecule has 1 aromatic carbocycles. The Balaban J connectivity index is 1.78. The first-order chi connectivity index (χ1) is 10.7. The van der Waals surface area contributed by atoms with Gasteiger partial charge in [0.1, 0.15) is 10.7 Å². The summed E-state index contributed by atoms with van der Waals surface area (Å²) in [6.45, 7) is 0. The van der Waals surface area contributed by atoms with E-state index in [0.717, 1.165) is 18.9 Å². The zero-order valence-electron chi connectivity index (χ0n) is 12.6. The van der Waals surface area contributed by atoms with E-state index in [1.165, 1.54) is 28.8 Å². The molecule has 2 saturated heterocycles. The third-order valence-corrected chi connectivity index (χ3v) is 7.41. The van der Waals surface area contributed by atoms with E-state index < -0.39 is 25.9 Å². The molecule has 1 N–H and O–H groups in total. The van der Waals surface area contributed by atoms with E-state index in [1.54, 1.807) is 0 Å². The fourth-order valence-corrected chi connectivity index (χ4v) is 6.52. The van der Waals surface area contributed by atoms with E-state index in [9.17, 15) is 21.2 Å². The number of nitrogens with one attached hydrogen (secondary N) is 1. The fourth-order valence-electron chi connectivity index (χ4n) is 3.72. The monoisotopic (exact) mass is 362 g/mol. The quantitative estimate of drug-likeness (QED) is 0.868. The number of hydrogen-bond acceptors (Lipinski definition) is 4. The van der Waals surface area contributed by atoms with Crippen LogP contribution >= 0.6 is 0 Å². The van der Waals surface area contributed by atoms with Gasteiger partial charge in [-0.3, -0.25) is 0 Å². The largest absolute Gasteiger partial charge is 0.243 e. The number of piperidine rings is 1. The maximum Gasteiger partial charge on any atom is 0.243 e. The summed E-state index contributed by atoms with van der Waals surface area (Å²) in [6.07, 6.45) is 3.47. The van der Waals surface area contributed by atoms with Gasteiger partial charge in [0.15, 0.2) is 0 Å². The number of hydrogen-bond donors (Lipinski definition) is 1. The van der Waals surface area contributed by atoms with Crippen molar-refractivity contribution in [3.05, 3.63) is 30.1 Å². The highest BCUT2D eigenvalue weighted by Crippen LogP contribution is 2.37. The molecule has 1 aromatic rings. The van der Waals surface area contributed by atoms with E-state index in [2.05, 4.69) is 4.72 Å². The number of halogens is 1. The van der Waals surface area contributed by atoms with Gasteiger partial charge in [0, 0.05) is 18.1 Å². The Bertz CT molecular complexity index is 796. The summed E-state index contributed by atoms with van der Waals surface area (Å²) >= 11 is 0. The summed E-state index contributed by atoms with van der Waals surface area (Å²) in [5.41, 5.74) is 0. The van der Waals surface area contributed by atoms with Crippen molar-refractivity contribution in [2.75, 3.05) is 6.26 Å². The zero-order valence-corrected chi connectivity index (χ0v) is 14.3. The van der Waals surface area contributed by atoms with Gasteiger partial charge in [-0.1, -0.05) is 12.1 Å². The van der Waals surface area contributed by atoms with Crippen LogP contribution in [0.1, 0.15) is 25.7 Å². The molecule has 0 saturated carbocycles. The summed E-state index contributed by atoms with van der Waals surface area (Å²) in [6, 6.07) is 4.47. The van der Waals surface area contributed by atoms with E-state index in [-0.39, 0.29) is 23.0 Å². The average molecular weight is 362 g/mol. The van der Waals surface area contributed by atoms with Gasteiger partial charge in [-0.25, -0.2) is 25.9 Å². The van der Waals surface area contributed by atoms with Gasteiger partial charge in [0.05, 0.1) is 6.26 Å². The Labute approximate surface area is 135 Å². The molecule has 2 aliphatic rings. The third-order valence-electron chi connectivity index (χ3n) is 4.50. The summed E-state index contributed by atoms with van der Waals surface area (Å²) in [5.74, 6) is -0.795. The normalized spacial score (nSPS) is 28.9. The van der Waals surface area contributed by atoms with Crippen LogP contribution in [0, 0.1) is 5.82 Å². The van der Waals surface area contributed by atoms with Crippen LogP contribution < -0.4 is 4.72 Å². The first kappa shape index (κ1) is 16.8. The number of benzene rings is 1. The minimum Gasteiger partial charge on any atom is -0.212 e. The molecule has 0 aliphatic carbocycles. The number of rotatable bonds is 4. The molecule has 0 aromatic heterocycles. The Morgan fingerprint density at radius 2 is 1.65 bits per heavy atom. The van der Waals surface area contributed by atoms with Crippen LogP contribution in [-0.2, 0) is 20.0 Å². The lowest BCUT2D eigenvalue weighted by molar-refractivity contribution is 0.221. The van der Waals surface area contributed by atoms with E-state index in [0.29, 0.717) is 12.8 Å². The smallest absolute Gasteiger partial charge is 0.212 e. The molecule has 2 bridgehead atoms. The Morgan fingerprint density at radius 3 is 2.17 bits per heavy atom. The van der Waals surface area contributed by atoms with Crippen LogP contribution in [0.15, 0.2) is 29.2 Å². The van der Waals surface area contributed by atoms with Crippen molar-refractivity contribution in [2.45, 2.75) is 48.7 Å². The maximum atomic E-state index is 13.7. The highest BCUT2D eigenvalue weighted by Gasteiger charge is 2.46. The summed E-state index contributed by atoms with van der Waals surface area (Å²) < 4.78 is 66.1. The lowest BCUT2D eigenvalue weighted by Crippen LogP contribution is -2.52. The molecule has 2 aliphatic heterocycles. The van der Waals surface area contributed by atoms with Gasteiger partial charge in [0.2, 0.25) is 20.0 Å². The molecule has 23 heavy (non-hydrogen) atoms. The van der Waals surface area contributed by atoms with Crippen LogP contribution in [0.5, 0.6) is 0 Å². The summed E-state index contributed by atoms with van der Waals surface area (Å²) in [4.78, 5) is -0.377. The summed E-state index contributed by atoms with van der Waals surface area (Å²) in [7, 11) is -7.25. The van der Waals surface area contributed by atoms with Gasteiger partial charge in [-0.05, 0) is 37.8 Å². The summed E-state index contributed by atoms with van der Waals surface area (Å²) in [5, 5.41) is 0. The number of nitrogens with zero attached hydrogens (tertiary/aromatic N) is 1. The van der Waals surface area contributed by atoms with Gasteiger partial charge < -0.3 is 0 Å². The first-order valence-corrected chi connectivity index (χ1v) is 10.8. The van der Waals surface area contributed by atoms with E-state index in [1.807, 2.05) is 0 Å². The second-order valence-electron chi connectivity index (χ2n) is 6.20. The second kappa shape index (κ2) is 5.80. The van der Waals surface area contributed by atoms with Gasteiger partial charge >= 0.3 is 0 Å². The highest BCUT2D eigenvalue weighted by atomic mass is 32.2. The number of sulfonamides is 2. The van der Waals surface area contributed by atoms with Crippen molar-refractivity contribution in [1.29, 1.82) is 0 Å². The van der Waals surface area contributed by atoms with Crippen LogP contribution in [-0.4, -0.2) is 45.5 Å². The number of fused-ring (bicyclic) bond motifs is 2. The third kappa shape index (κ3) is 3.28. The van der Waals surface area contributed by atoms with Crippen molar-refractivity contribution in [3.8, 4) is 0 Å². The molecular weight excluding hydrogens is 343 g/mol. The van der Waals surface area contributed by atoms with Crippen molar-refractivity contribution in [3.63, 3.8) is 0 Å². The van der Waals surface area contributed by atoms with E-state index in [4.69, 9.17) is 0 Å². The van der Waals surface area contributed by atoms with Gasteiger partial charge in [0.25, 0.3) is 0 Å². The van der Waals surface area contributed by atoms with Crippen LogP contribution in [0.4, 0.5) is 4.39 Å². The standard InChI is InChI=1S/C14H19FN2O4S2/c1-22(18,19)17-11-6-7-12(17)9-10(8-11)16-23(20,21)14-5-3-2-4-13(14)15/h2-5,10-12,16H,6-9H2,1H3. The van der Waals surface area contributed by atoms with Crippen LogP contribution in [0.25, 0.3) is 0 Å². The Hall–Kier alpha value is -1.03. The average Bonchev–Trinajstić information content (AvgIpc) is 2.71. The van der Waals surface area contributed by atoms with Crippen molar-refractivity contribution >= 4 is 20.0 Å². The maximum absolute atomic E-state index is 13.7. The molecule has 0 radical (unpaired) electrons. The van der Waals surface area contributed by atoms with Gasteiger partial charge in [-0.2, -0.15) is 4.31 Å². The molecule has 0 amide bonds. The molecule has 2 unspecified atom stereocenters. The van der Waals surface area contributed by atoms with Crippen LogP contribution in [0.3, 0.4) is 0 Å². The molecule has 2 fully saturated rings. The zero-order chi connectivity index (χ0) is 16.8. The van der Waals surface area contributed by atoms with Gasteiger partial charge in [-0.15, -0.1) is 0 Å². The Morgan fingerprint density at radius 1 is 1.09 bits per heavy atom. The SMILES string of the molecule is CS(=O)(=O)N1C2CCC1CC(NS(=O)(=O)c1ccccc1F)C2. The first-order valence-electron chi connectivity index (χ1n) is 7.44. The molecule has 9 heteroatoms. The molecule has 128 valence electrons. The predicted octanol–water partition coefficient (Wildman–Crippen LogP) is 1.06. The molecular formula is C14H19FN2O4S2. The van der Waals surface area contributed by atoms with Crippen LogP contribution in [0.2, 0.25) is 0 Å². The molecule has 2 heterocycles. The minimum absolute atomic E-state index is 0.183. The van der Waals surface area contributed by atoms with Crippen molar-refractivity contribution < 1.29 is 21.2 Å². The minimum atomic E-state index is -3.96. The molecule has 0 spiro atoms. The topological polar surface area (TPSA) is 83.6 Å². The molecule has 3 rings (SSSR count). The second-order valence-corrected chi connectivity index (χ2v) is 9.77. The van der Waals surface area contributed by atoms with Crippen molar-refractivity contribution in [2.24, 2.45) is 0 Å². The Kier molecular flexibility index (Phi) is 4.24.